The smallest absolute Gasteiger partial charge is 0.303 e. The van der Waals surface area contributed by atoms with E-state index in [1.165, 1.54) is 0 Å². The summed E-state index contributed by atoms with van der Waals surface area (Å²) < 4.78 is 0. The van der Waals surface area contributed by atoms with E-state index in [2.05, 4.69) is 0 Å². The number of hydrogen-bond acceptors (Lipinski definition) is 2. The largest absolute Gasteiger partial charge is 0.481 e. The molecule has 6 heteroatoms. The lowest BCUT2D eigenvalue weighted by Crippen LogP contribution is -1.97. The van der Waals surface area contributed by atoms with Crippen molar-refractivity contribution in [2.24, 2.45) is 0 Å². The normalized spacial score (nSPS) is 7.67. The molecule has 0 aromatic rings. The van der Waals surface area contributed by atoms with E-state index in [0.29, 0.717) is 12.8 Å². The molecule has 0 saturated heterocycles. The zero-order valence-electron chi connectivity index (χ0n) is 6.36. The Morgan fingerprint density at radius 3 is 1.25 bits per heavy atom. The standard InChI is InChI=1S/C6H10O4.2ClH/c7-5(8)3-1-2-4-6(9)10;;/h1-4H2,(H,7,8)(H,9,10);2*1H. The lowest BCUT2D eigenvalue weighted by Gasteiger charge is -1.92. The molecule has 0 atom stereocenters. The van der Waals surface area contributed by atoms with E-state index in [9.17, 15) is 9.59 Å². The lowest BCUT2D eigenvalue weighted by atomic mass is 10.2. The monoisotopic (exact) mass is 218 g/mol. The second kappa shape index (κ2) is 10.5. The Balaban J connectivity index is -0.000000405. The molecule has 0 aromatic heterocycles. The van der Waals surface area contributed by atoms with Crippen LogP contribution in [0.15, 0.2) is 0 Å². The van der Waals surface area contributed by atoms with Crippen LogP contribution in [-0.4, -0.2) is 22.2 Å². The van der Waals surface area contributed by atoms with Crippen LogP contribution in [0.25, 0.3) is 0 Å². The first kappa shape index (κ1) is 17.6. The van der Waals surface area contributed by atoms with Gasteiger partial charge in [-0.2, -0.15) is 0 Å². The molecule has 4 nitrogen and oxygen atoms in total. The van der Waals surface area contributed by atoms with Crippen molar-refractivity contribution in [3.63, 3.8) is 0 Å². The van der Waals surface area contributed by atoms with Gasteiger partial charge in [0.05, 0.1) is 0 Å². The van der Waals surface area contributed by atoms with Crippen molar-refractivity contribution in [2.45, 2.75) is 25.7 Å². The molecule has 0 aliphatic rings. The number of carboxylic acids is 2. The fourth-order valence-corrected chi connectivity index (χ4v) is 0.552. The summed E-state index contributed by atoms with van der Waals surface area (Å²) in [5.74, 6) is -1.74. The minimum absolute atomic E-state index is 0. The van der Waals surface area contributed by atoms with Crippen molar-refractivity contribution in [3.05, 3.63) is 0 Å². The van der Waals surface area contributed by atoms with E-state index in [0.717, 1.165) is 0 Å². The predicted octanol–water partition coefficient (Wildman–Crippen LogP) is 1.56. The first-order valence-electron chi connectivity index (χ1n) is 3.06. The highest BCUT2D eigenvalue weighted by atomic mass is 35.5. The summed E-state index contributed by atoms with van der Waals surface area (Å²) in [5.41, 5.74) is 0. The van der Waals surface area contributed by atoms with Crippen LogP contribution in [0.3, 0.4) is 0 Å². The Morgan fingerprint density at radius 1 is 0.833 bits per heavy atom. The molecule has 0 aliphatic heterocycles. The molecule has 74 valence electrons. The van der Waals surface area contributed by atoms with E-state index in [4.69, 9.17) is 10.2 Å². The van der Waals surface area contributed by atoms with Crippen molar-refractivity contribution < 1.29 is 19.8 Å². The Morgan fingerprint density at radius 2 is 1.08 bits per heavy atom. The summed E-state index contributed by atoms with van der Waals surface area (Å²) in [4.78, 5) is 19.8. The summed E-state index contributed by atoms with van der Waals surface area (Å²) in [7, 11) is 0. The van der Waals surface area contributed by atoms with Crippen molar-refractivity contribution in [3.8, 4) is 0 Å². The summed E-state index contributed by atoms with van der Waals surface area (Å²) in [6, 6.07) is 0. The molecule has 0 heterocycles. The third kappa shape index (κ3) is 16.3. The fraction of sp³-hybridized carbons (Fsp3) is 0.667. The molecule has 0 amide bonds. The number of hydrogen-bond donors (Lipinski definition) is 2. The molecule has 0 spiro atoms. The highest BCUT2D eigenvalue weighted by molar-refractivity contribution is 5.85. The molecule has 0 fully saturated rings. The van der Waals surface area contributed by atoms with Gasteiger partial charge in [0.2, 0.25) is 0 Å². The van der Waals surface area contributed by atoms with Gasteiger partial charge in [-0.05, 0) is 12.8 Å². The third-order valence-electron chi connectivity index (χ3n) is 1.03. The highest BCUT2D eigenvalue weighted by Crippen LogP contribution is 1.98. The van der Waals surface area contributed by atoms with Crippen LogP contribution in [0.2, 0.25) is 0 Å². The first-order chi connectivity index (χ1) is 4.63. The first-order valence-corrected chi connectivity index (χ1v) is 3.06. The molecule has 0 saturated carbocycles. The number of halogens is 2. The van der Waals surface area contributed by atoms with E-state index in [-0.39, 0.29) is 37.7 Å². The molecular weight excluding hydrogens is 207 g/mol. The molecule has 2 N–H and O–H groups in total. The topological polar surface area (TPSA) is 74.6 Å². The maximum atomic E-state index is 9.90. The van der Waals surface area contributed by atoms with Gasteiger partial charge >= 0.3 is 11.9 Å². The van der Waals surface area contributed by atoms with E-state index in [1.807, 2.05) is 0 Å². The summed E-state index contributed by atoms with van der Waals surface area (Å²) in [6.07, 6.45) is 1.02. The Labute approximate surface area is 82.8 Å². The van der Waals surface area contributed by atoms with Crippen molar-refractivity contribution in [2.75, 3.05) is 0 Å². The molecule has 0 bridgehead atoms. The summed E-state index contributed by atoms with van der Waals surface area (Å²) in [6.45, 7) is 0. The quantitative estimate of drug-likeness (QED) is 0.688. The lowest BCUT2D eigenvalue weighted by molar-refractivity contribution is -0.139. The number of carboxylic acid groups (broad SMARTS) is 2. The van der Waals surface area contributed by atoms with Gasteiger partial charge < -0.3 is 10.2 Å². The van der Waals surface area contributed by atoms with Crippen LogP contribution in [0.5, 0.6) is 0 Å². The molecule has 0 unspecified atom stereocenters. The molecule has 0 radical (unpaired) electrons. The van der Waals surface area contributed by atoms with Crippen LogP contribution in [0, 0.1) is 0 Å². The third-order valence-corrected chi connectivity index (χ3v) is 1.03. The number of unbranched alkanes of at least 4 members (excludes halogenated alkanes) is 1. The zero-order valence-corrected chi connectivity index (χ0v) is 7.99. The second-order valence-electron chi connectivity index (χ2n) is 1.99. The van der Waals surface area contributed by atoms with Gasteiger partial charge in [0, 0.05) is 12.8 Å². The van der Waals surface area contributed by atoms with E-state index < -0.39 is 11.9 Å². The minimum atomic E-state index is -0.870. The molecule has 12 heavy (non-hydrogen) atoms. The van der Waals surface area contributed by atoms with Crippen molar-refractivity contribution in [1.29, 1.82) is 0 Å². The number of rotatable bonds is 5. The van der Waals surface area contributed by atoms with Gasteiger partial charge in [-0.25, -0.2) is 0 Å². The molecular formula is C6H12Cl2O4. The van der Waals surface area contributed by atoms with Crippen LogP contribution >= 0.6 is 24.8 Å². The van der Waals surface area contributed by atoms with Gasteiger partial charge in [0.15, 0.2) is 0 Å². The predicted molar refractivity (Wildman–Crippen MR) is 48.2 cm³/mol. The Hall–Kier alpha value is -0.480. The van der Waals surface area contributed by atoms with Gasteiger partial charge in [0.1, 0.15) is 0 Å². The Kier molecular flexibility index (Phi) is 15.4. The Bertz CT molecular complexity index is 122. The summed E-state index contributed by atoms with van der Waals surface area (Å²) >= 11 is 0. The molecule has 0 rings (SSSR count). The van der Waals surface area contributed by atoms with Crippen molar-refractivity contribution in [1.82, 2.24) is 0 Å². The summed E-state index contributed by atoms with van der Waals surface area (Å²) in [5, 5.41) is 16.3. The van der Waals surface area contributed by atoms with Gasteiger partial charge in [-0.15, -0.1) is 24.8 Å². The average Bonchev–Trinajstić information content (AvgIpc) is 1.79. The average molecular weight is 219 g/mol. The number of carbonyl (C=O) groups is 2. The zero-order chi connectivity index (χ0) is 7.98. The van der Waals surface area contributed by atoms with E-state index >= 15 is 0 Å². The number of aliphatic carboxylic acids is 2. The van der Waals surface area contributed by atoms with Gasteiger partial charge in [0.25, 0.3) is 0 Å². The maximum absolute atomic E-state index is 9.90. The SMILES string of the molecule is Cl.Cl.O=C(O)CCCCC(=O)O. The van der Waals surface area contributed by atoms with E-state index in [1.54, 1.807) is 0 Å². The molecule has 0 aromatic carbocycles. The molecule has 0 aliphatic carbocycles. The fourth-order valence-electron chi connectivity index (χ4n) is 0.552. The van der Waals surface area contributed by atoms with Crippen molar-refractivity contribution >= 4 is 36.8 Å². The van der Waals surface area contributed by atoms with Crippen LogP contribution < -0.4 is 0 Å². The highest BCUT2D eigenvalue weighted by Gasteiger charge is 1.99. The van der Waals surface area contributed by atoms with Gasteiger partial charge in [-0.3, -0.25) is 9.59 Å². The van der Waals surface area contributed by atoms with Crippen LogP contribution in [0.1, 0.15) is 25.7 Å². The minimum Gasteiger partial charge on any atom is -0.481 e. The maximum Gasteiger partial charge on any atom is 0.303 e. The van der Waals surface area contributed by atoms with Gasteiger partial charge in [-0.1, -0.05) is 0 Å². The second-order valence-corrected chi connectivity index (χ2v) is 1.99. The van der Waals surface area contributed by atoms with Crippen LogP contribution in [0.4, 0.5) is 0 Å². The van der Waals surface area contributed by atoms with Crippen LogP contribution in [-0.2, 0) is 9.59 Å².